The van der Waals surface area contributed by atoms with E-state index in [4.69, 9.17) is 4.74 Å². The van der Waals surface area contributed by atoms with Crippen LogP contribution in [0.25, 0.3) is 0 Å². The lowest BCUT2D eigenvalue weighted by atomic mass is 10.1. The van der Waals surface area contributed by atoms with Crippen LogP contribution in [0.5, 0.6) is 5.75 Å². The number of nitrogens with one attached hydrogen (secondary N) is 1. The maximum atomic E-state index is 5.33. The van der Waals surface area contributed by atoms with E-state index in [1.807, 2.05) is 18.2 Å². The lowest BCUT2D eigenvalue weighted by Gasteiger charge is -2.13. The third kappa shape index (κ3) is 5.05. The summed E-state index contributed by atoms with van der Waals surface area (Å²) in [4.78, 5) is 0. The Labute approximate surface area is 105 Å². The predicted molar refractivity (Wildman–Crippen MR) is 73.6 cm³/mol. The van der Waals surface area contributed by atoms with Crippen LogP contribution in [0.2, 0.25) is 0 Å². The summed E-state index contributed by atoms with van der Waals surface area (Å²) >= 11 is 0. The average Bonchev–Trinajstić information content (AvgIpc) is 2.37. The zero-order valence-electron chi connectivity index (χ0n) is 10.9. The van der Waals surface area contributed by atoms with Crippen LogP contribution in [0.15, 0.2) is 36.9 Å². The molecule has 1 rings (SSSR count). The van der Waals surface area contributed by atoms with E-state index in [1.54, 1.807) is 7.11 Å². The van der Waals surface area contributed by atoms with Crippen LogP contribution in [0.1, 0.15) is 25.3 Å². The predicted octanol–water partition coefficient (Wildman–Crippen LogP) is 3.18. The van der Waals surface area contributed by atoms with Crippen LogP contribution in [-0.4, -0.2) is 19.7 Å². The van der Waals surface area contributed by atoms with Crippen LogP contribution >= 0.6 is 0 Å². The van der Waals surface area contributed by atoms with Gasteiger partial charge in [-0.1, -0.05) is 24.3 Å². The summed E-state index contributed by atoms with van der Waals surface area (Å²) in [5.74, 6) is 0.980. The molecule has 1 aromatic rings. The lowest BCUT2D eigenvalue weighted by Crippen LogP contribution is -2.27. The number of rotatable bonds is 8. The van der Waals surface area contributed by atoms with Gasteiger partial charge >= 0.3 is 0 Å². The first-order valence-electron chi connectivity index (χ1n) is 6.24. The molecule has 0 spiro atoms. The fourth-order valence-electron chi connectivity index (χ4n) is 1.83. The number of methoxy groups -OCH3 is 1. The molecule has 2 nitrogen and oxygen atoms in total. The van der Waals surface area contributed by atoms with Crippen LogP contribution in [-0.2, 0) is 6.42 Å². The monoisotopic (exact) mass is 233 g/mol. The highest BCUT2D eigenvalue weighted by Gasteiger charge is 2.03. The molecule has 0 radical (unpaired) electrons. The molecule has 0 aromatic heterocycles. The molecule has 1 N–H and O–H groups in total. The van der Waals surface area contributed by atoms with Gasteiger partial charge in [-0.2, -0.15) is 0 Å². The summed E-state index contributed by atoms with van der Waals surface area (Å²) in [6.45, 7) is 6.94. The average molecular weight is 233 g/mol. The third-order valence-electron chi connectivity index (χ3n) is 2.88. The van der Waals surface area contributed by atoms with Gasteiger partial charge in [0, 0.05) is 6.04 Å². The number of hydrogen-bond acceptors (Lipinski definition) is 2. The van der Waals surface area contributed by atoms with Gasteiger partial charge in [0.25, 0.3) is 0 Å². The Morgan fingerprint density at radius 2 is 2.18 bits per heavy atom. The summed E-state index contributed by atoms with van der Waals surface area (Å²) in [6, 6.07) is 8.73. The van der Waals surface area contributed by atoms with Crippen molar-refractivity contribution in [1.82, 2.24) is 5.32 Å². The molecule has 0 aliphatic heterocycles. The summed E-state index contributed by atoms with van der Waals surface area (Å²) in [5.41, 5.74) is 1.26. The Hall–Kier alpha value is -1.28. The van der Waals surface area contributed by atoms with E-state index in [0.717, 1.165) is 31.6 Å². The molecule has 0 fully saturated rings. The van der Waals surface area contributed by atoms with Crippen molar-refractivity contribution in [2.24, 2.45) is 0 Å². The molecule has 0 amide bonds. The highest BCUT2D eigenvalue weighted by molar-refractivity contribution is 5.33. The van der Waals surface area contributed by atoms with Crippen molar-refractivity contribution in [3.8, 4) is 5.75 Å². The highest BCUT2D eigenvalue weighted by Crippen LogP contribution is 2.17. The van der Waals surface area contributed by atoms with Crippen molar-refractivity contribution < 1.29 is 4.74 Å². The largest absolute Gasteiger partial charge is 0.496 e. The molecule has 17 heavy (non-hydrogen) atoms. The van der Waals surface area contributed by atoms with Gasteiger partial charge < -0.3 is 10.1 Å². The van der Waals surface area contributed by atoms with E-state index in [0.29, 0.717) is 6.04 Å². The van der Waals surface area contributed by atoms with E-state index < -0.39 is 0 Å². The van der Waals surface area contributed by atoms with E-state index in [9.17, 15) is 0 Å². The minimum absolute atomic E-state index is 0.544. The molecule has 1 aromatic carbocycles. The van der Waals surface area contributed by atoms with Gasteiger partial charge in [-0.05, 0) is 44.4 Å². The molecule has 0 aliphatic carbocycles. The summed E-state index contributed by atoms with van der Waals surface area (Å²) < 4.78 is 5.33. The molecule has 1 unspecified atom stereocenters. The normalized spacial score (nSPS) is 12.1. The quantitative estimate of drug-likeness (QED) is 0.696. The minimum atomic E-state index is 0.544. The number of para-hydroxylation sites is 1. The van der Waals surface area contributed by atoms with Gasteiger partial charge in [-0.25, -0.2) is 0 Å². The van der Waals surface area contributed by atoms with Crippen LogP contribution in [0, 0.1) is 0 Å². The Kier molecular flexibility index (Phi) is 6.41. The molecule has 2 heteroatoms. The smallest absolute Gasteiger partial charge is 0.122 e. The van der Waals surface area contributed by atoms with Gasteiger partial charge in [0.1, 0.15) is 5.75 Å². The first kappa shape index (κ1) is 13.8. The third-order valence-corrected chi connectivity index (χ3v) is 2.88. The van der Waals surface area contributed by atoms with E-state index in [2.05, 4.69) is 31.0 Å². The highest BCUT2D eigenvalue weighted by atomic mass is 16.5. The van der Waals surface area contributed by atoms with Crippen molar-refractivity contribution >= 4 is 0 Å². The zero-order valence-corrected chi connectivity index (χ0v) is 10.9. The Bertz CT molecular complexity index is 335. The van der Waals surface area contributed by atoms with Crippen molar-refractivity contribution in [3.05, 3.63) is 42.5 Å². The molecule has 94 valence electrons. The number of allylic oxidation sites excluding steroid dienone is 1. The molecule has 0 aliphatic rings. The SMILES string of the molecule is C=CCCC(C)NCCc1ccccc1OC. The van der Waals surface area contributed by atoms with Crippen molar-refractivity contribution in [1.29, 1.82) is 0 Å². The molecule has 0 saturated carbocycles. The lowest BCUT2D eigenvalue weighted by molar-refractivity contribution is 0.408. The fraction of sp³-hybridized carbons (Fsp3) is 0.467. The maximum absolute atomic E-state index is 5.33. The second-order valence-corrected chi connectivity index (χ2v) is 4.28. The van der Waals surface area contributed by atoms with Crippen molar-refractivity contribution in [2.75, 3.05) is 13.7 Å². The molecule has 0 saturated heterocycles. The van der Waals surface area contributed by atoms with Crippen molar-refractivity contribution in [2.45, 2.75) is 32.2 Å². The second-order valence-electron chi connectivity index (χ2n) is 4.28. The molecular formula is C15H23NO. The maximum Gasteiger partial charge on any atom is 0.122 e. The van der Waals surface area contributed by atoms with Crippen LogP contribution in [0.3, 0.4) is 0 Å². The van der Waals surface area contributed by atoms with Crippen LogP contribution in [0.4, 0.5) is 0 Å². The van der Waals surface area contributed by atoms with Gasteiger partial charge in [0.15, 0.2) is 0 Å². The first-order valence-corrected chi connectivity index (χ1v) is 6.24. The molecule has 0 heterocycles. The minimum Gasteiger partial charge on any atom is -0.496 e. The molecular weight excluding hydrogens is 210 g/mol. The van der Waals surface area contributed by atoms with Gasteiger partial charge in [0.05, 0.1) is 7.11 Å². The molecule has 1 atom stereocenters. The van der Waals surface area contributed by atoms with E-state index in [-0.39, 0.29) is 0 Å². The molecule has 0 bridgehead atoms. The topological polar surface area (TPSA) is 21.3 Å². The standard InChI is InChI=1S/C15H23NO/c1-4-5-8-13(2)16-12-11-14-9-6-7-10-15(14)17-3/h4,6-7,9-10,13,16H,1,5,8,11-12H2,2-3H3. The number of benzene rings is 1. The summed E-state index contributed by atoms with van der Waals surface area (Å²) in [7, 11) is 1.72. The number of ether oxygens (including phenoxy) is 1. The van der Waals surface area contributed by atoms with Crippen molar-refractivity contribution in [3.63, 3.8) is 0 Å². The fourth-order valence-corrected chi connectivity index (χ4v) is 1.83. The van der Waals surface area contributed by atoms with E-state index in [1.165, 1.54) is 5.56 Å². The second kappa shape index (κ2) is 7.91. The Morgan fingerprint density at radius 3 is 2.88 bits per heavy atom. The Morgan fingerprint density at radius 1 is 1.41 bits per heavy atom. The summed E-state index contributed by atoms with van der Waals surface area (Å²) in [5, 5.41) is 3.51. The first-order chi connectivity index (χ1) is 8.27. The van der Waals surface area contributed by atoms with Crippen LogP contribution < -0.4 is 10.1 Å². The van der Waals surface area contributed by atoms with E-state index >= 15 is 0 Å². The number of hydrogen-bond donors (Lipinski definition) is 1. The summed E-state index contributed by atoms with van der Waals surface area (Å²) in [6.07, 6.45) is 5.19. The van der Waals surface area contributed by atoms with Gasteiger partial charge in [-0.15, -0.1) is 6.58 Å². The van der Waals surface area contributed by atoms with Gasteiger partial charge in [-0.3, -0.25) is 0 Å². The van der Waals surface area contributed by atoms with Gasteiger partial charge in [0.2, 0.25) is 0 Å². The Balaban J connectivity index is 2.32. The zero-order chi connectivity index (χ0) is 12.5.